The van der Waals surface area contributed by atoms with Crippen molar-refractivity contribution in [2.75, 3.05) is 50.3 Å². The predicted molar refractivity (Wildman–Crippen MR) is 136 cm³/mol. The lowest BCUT2D eigenvalue weighted by Crippen LogP contribution is -2.34. The molecule has 0 unspecified atom stereocenters. The number of nitrogens with one attached hydrogen (secondary N) is 2. The summed E-state index contributed by atoms with van der Waals surface area (Å²) < 4.78 is 5.29. The third-order valence-electron chi connectivity index (χ3n) is 5.07. The number of carbonyl (C=O) groups is 2. The van der Waals surface area contributed by atoms with Crippen LogP contribution in [0.25, 0.3) is 0 Å². The largest absolute Gasteiger partial charge is 0.497 e. The van der Waals surface area contributed by atoms with Crippen molar-refractivity contribution in [2.45, 2.75) is 6.54 Å². The molecule has 2 N–H and O–H groups in total. The number of carbonyl (C=O) groups excluding carboxylic acids is 2. The molecule has 0 aliphatic heterocycles. The standard InChI is InChI=1S/C25H28ClN5O3/c1-30(2)16-24(32)31(3)19-7-5-17(6-8-19)15-28-22-10-9-20(34-4)14-21(22)25(33)29-23-13-18(26)11-12-27-23/h5-14,28H,15-16H2,1-4H3,(H,27,29,33). The maximum absolute atomic E-state index is 13.0. The van der Waals surface area contributed by atoms with Crippen LogP contribution in [0.3, 0.4) is 0 Å². The lowest BCUT2D eigenvalue weighted by molar-refractivity contribution is -0.118. The van der Waals surface area contributed by atoms with Crippen LogP contribution >= 0.6 is 11.6 Å². The third kappa shape index (κ3) is 6.69. The smallest absolute Gasteiger partial charge is 0.259 e. The Morgan fingerprint density at radius 1 is 1.03 bits per heavy atom. The van der Waals surface area contributed by atoms with E-state index in [9.17, 15) is 9.59 Å². The number of rotatable bonds is 9. The van der Waals surface area contributed by atoms with Crippen LogP contribution in [0.4, 0.5) is 17.2 Å². The number of methoxy groups -OCH3 is 1. The van der Waals surface area contributed by atoms with E-state index >= 15 is 0 Å². The van der Waals surface area contributed by atoms with Gasteiger partial charge in [-0.05, 0) is 62.1 Å². The Kier molecular flexibility index (Phi) is 8.45. The number of pyridine rings is 1. The molecular formula is C25H28ClN5O3. The molecule has 0 spiro atoms. The summed E-state index contributed by atoms with van der Waals surface area (Å²) in [5.74, 6) is 0.589. The maximum atomic E-state index is 13.0. The van der Waals surface area contributed by atoms with E-state index in [4.69, 9.17) is 16.3 Å². The number of hydrogen-bond acceptors (Lipinski definition) is 6. The van der Waals surface area contributed by atoms with Crippen molar-refractivity contribution in [3.05, 3.63) is 76.9 Å². The fourth-order valence-corrected chi connectivity index (χ4v) is 3.36. The summed E-state index contributed by atoms with van der Waals surface area (Å²) in [6.45, 7) is 0.824. The topological polar surface area (TPSA) is 86.8 Å². The summed E-state index contributed by atoms with van der Waals surface area (Å²) in [6.07, 6.45) is 1.53. The summed E-state index contributed by atoms with van der Waals surface area (Å²) in [5.41, 5.74) is 2.86. The summed E-state index contributed by atoms with van der Waals surface area (Å²) in [7, 11) is 7.03. The van der Waals surface area contributed by atoms with Gasteiger partial charge in [0.05, 0.1) is 19.2 Å². The molecule has 2 amide bonds. The van der Waals surface area contributed by atoms with Crippen molar-refractivity contribution in [1.29, 1.82) is 0 Å². The fraction of sp³-hybridized carbons (Fsp3) is 0.240. The molecule has 2 aromatic carbocycles. The van der Waals surface area contributed by atoms with E-state index in [0.717, 1.165) is 11.3 Å². The first kappa shape index (κ1) is 25.0. The molecular weight excluding hydrogens is 454 g/mol. The Labute approximate surface area is 204 Å². The van der Waals surface area contributed by atoms with Crippen LogP contribution in [0.2, 0.25) is 5.02 Å². The number of aromatic nitrogens is 1. The maximum Gasteiger partial charge on any atom is 0.259 e. The first-order chi connectivity index (χ1) is 16.3. The molecule has 0 saturated heterocycles. The van der Waals surface area contributed by atoms with Gasteiger partial charge < -0.3 is 25.2 Å². The average Bonchev–Trinajstić information content (AvgIpc) is 2.82. The van der Waals surface area contributed by atoms with Crippen LogP contribution < -0.4 is 20.3 Å². The van der Waals surface area contributed by atoms with Gasteiger partial charge in [-0.1, -0.05) is 23.7 Å². The Bertz CT molecular complexity index is 1150. The zero-order valence-corrected chi connectivity index (χ0v) is 20.4. The first-order valence-electron chi connectivity index (χ1n) is 10.6. The van der Waals surface area contributed by atoms with Gasteiger partial charge in [-0.15, -0.1) is 0 Å². The zero-order chi connectivity index (χ0) is 24.7. The third-order valence-corrected chi connectivity index (χ3v) is 5.30. The van der Waals surface area contributed by atoms with Gasteiger partial charge in [0.15, 0.2) is 0 Å². The van der Waals surface area contributed by atoms with Crippen molar-refractivity contribution in [3.8, 4) is 5.75 Å². The van der Waals surface area contributed by atoms with Crippen molar-refractivity contribution in [1.82, 2.24) is 9.88 Å². The minimum absolute atomic E-state index is 0.0129. The van der Waals surface area contributed by atoms with Gasteiger partial charge in [-0.3, -0.25) is 9.59 Å². The Balaban J connectivity index is 1.72. The van der Waals surface area contributed by atoms with Crippen LogP contribution in [-0.4, -0.2) is 56.5 Å². The molecule has 1 aromatic heterocycles. The number of benzene rings is 2. The number of halogens is 1. The molecule has 34 heavy (non-hydrogen) atoms. The van der Waals surface area contributed by atoms with Gasteiger partial charge in [0.1, 0.15) is 11.6 Å². The molecule has 178 valence electrons. The quantitative estimate of drug-likeness (QED) is 0.478. The number of anilines is 3. The van der Waals surface area contributed by atoms with Crippen molar-refractivity contribution in [3.63, 3.8) is 0 Å². The SMILES string of the molecule is COc1ccc(NCc2ccc(N(C)C(=O)CN(C)C)cc2)c(C(=O)Nc2cc(Cl)ccn2)c1. The van der Waals surface area contributed by atoms with E-state index in [2.05, 4.69) is 15.6 Å². The Hall–Kier alpha value is -3.62. The van der Waals surface area contributed by atoms with E-state index in [0.29, 0.717) is 40.9 Å². The molecule has 0 aliphatic rings. The molecule has 9 heteroatoms. The summed E-state index contributed by atoms with van der Waals surface area (Å²) in [5, 5.41) is 6.55. The van der Waals surface area contributed by atoms with Crippen molar-refractivity contribution >= 4 is 40.6 Å². The normalized spacial score (nSPS) is 10.6. The highest BCUT2D eigenvalue weighted by atomic mass is 35.5. The molecule has 0 atom stereocenters. The molecule has 0 saturated carbocycles. The second-order valence-electron chi connectivity index (χ2n) is 7.94. The number of ether oxygens (including phenoxy) is 1. The lowest BCUT2D eigenvalue weighted by atomic mass is 10.1. The van der Waals surface area contributed by atoms with Crippen molar-refractivity contribution < 1.29 is 14.3 Å². The minimum atomic E-state index is -0.340. The molecule has 0 radical (unpaired) electrons. The highest BCUT2D eigenvalue weighted by Gasteiger charge is 2.15. The summed E-state index contributed by atoms with van der Waals surface area (Å²) in [6, 6.07) is 16.1. The van der Waals surface area contributed by atoms with Gasteiger partial charge in [0, 0.05) is 36.2 Å². The second kappa shape index (κ2) is 11.5. The number of nitrogens with zero attached hydrogens (tertiary/aromatic N) is 3. The molecule has 1 heterocycles. The summed E-state index contributed by atoms with van der Waals surface area (Å²) in [4.78, 5) is 32.8. The van der Waals surface area contributed by atoms with Crippen molar-refractivity contribution in [2.24, 2.45) is 0 Å². The van der Waals surface area contributed by atoms with E-state index in [-0.39, 0.29) is 11.8 Å². The molecule has 8 nitrogen and oxygen atoms in total. The fourth-order valence-electron chi connectivity index (χ4n) is 3.20. The van der Waals surface area contributed by atoms with Crippen LogP contribution in [0.5, 0.6) is 5.75 Å². The average molecular weight is 482 g/mol. The van der Waals surface area contributed by atoms with E-state index in [1.54, 1.807) is 49.4 Å². The second-order valence-corrected chi connectivity index (χ2v) is 8.37. The van der Waals surface area contributed by atoms with E-state index < -0.39 is 0 Å². The van der Waals surface area contributed by atoms with Crippen LogP contribution in [0.15, 0.2) is 60.8 Å². The Morgan fingerprint density at radius 3 is 2.41 bits per heavy atom. The molecule has 0 bridgehead atoms. The van der Waals surface area contributed by atoms with E-state index in [1.807, 2.05) is 43.3 Å². The number of amides is 2. The van der Waals surface area contributed by atoms with Crippen LogP contribution in [0.1, 0.15) is 15.9 Å². The molecule has 0 aliphatic carbocycles. The molecule has 0 fully saturated rings. The van der Waals surface area contributed by atoms with Gasteiger partial charge in [0.25, 0.3) is 5.91 Å². The molecule has 3 aromatic rings. The van der Waals surface area contributed by atoms with Gasteiger partial charge in [0.2, 0.25) is 5.91 Å². The van der Waals surface area contributed by atoms with Gasteiger partial charge in [-0.2, -0.15) is 0 Å². The lowest BCUT2D eigenvalue weighted by Gasteiger charge is -2.20. The number of hydrogen-bond donors (Lipinski definition) is 2. The van der Waals surface area contributed by atoms with E-state index in [1.165, 1.54) is 6.20 Å². The number of likely N-dealkylation sites (N-methyl/N-ethyl adjacent to an activating group) is 2. The molecule has 3 rings (SSSR count). The predicted octanol–water partition coefficient (Wildman–Crippen LogP) is 4.13. The zero-order valence-electron chi connectivity index (χ0n) is 19.6. The van der Waals surface area contributed by atoms with Crippen LogP contribution in [0, 0.1) is 0 Å². The summed E-state index contributed by atoms with van der Waals surface area (Å²) >= 11 is 5.99. The van der Waals surface area contributed by atoms with Crippen LogP contribution in [-0.2, 0) is 11.3 Å². The highest BCUT2D eigenvalue weighted by molar-refractivity contribution is 6.30. The first-order valence-corrected chi connectivity index (χ1v) is 11.0. The van der Waals surface area contributed by atoms with Gasteiger partial charge >= 0.3 is 0 Å². The monoisotopic (exact) mass is 481 g/mol. The highest BCUT2D eigenvalue weighted by Crippen LogP contribution is 2.24. The van der Waals surface area contributed by atoms with Gasteiger partial charge in [-0.25, -0.2) is 4.98 Å². The minimum Gasteiger partial charge on any atom is -0.497 e. The Morgan fingerprint density at radius 2 is 1.76 bits per heavy atom.